The molecule has 2 rings (SSSR count). The van der Waals surface area contributed by atoms with E-state index in [4.69, 9.17) is 4.74 Å². The zero-order valence-corrected chi connectivity index (χ0v) is 11.3. The van der Waals surface area contributed by atoms with Crippen molar-refractivity contribution in [2.45, 2.75) is 64.6 Å². The number of hydrogen-bond acceptors (Lipinski definition) is 2. The van der Waals surface area contributed by atoms with E-state index in [-0.39, 0.29) is 11.2 Å². The number of nitrogens with one attached hydrogen (secondary N) is 1. The van der Waals surface area contributed by atoms with Crippen LogP contribution in [0.1, 0.15) is 53.4 Å². The molecule has 1 aliphatic heterocycles. The summed E-state index contributed by atoms with van der Waals surface area (Å²) in [7, 11) is 0. The predicted octanol–water partition coefficient (Wildman–Crippen LogP) is 2.97. The summed E-state index contributed by atoms with van der Waals surface area (Å²) in [6, 6.07) is 0. The maximum atomic E-state index is 6.55. The molecule has 2 heteroatoms. The normalized spacial score (nSPS) is 45.2. The molecule has 16 heavy (non-hydrogen) atoms. The molecule has 1 N–H and O–H groups in total. The van der Waals surface area contributed by atoms with Crippen LogP contribution in [0.15, 0.2) is 0 Å². The minimum absolute atomic E-state index is 0.0266. The van der Waals surface area contributed by atoms with Gasteiger partial charge in [-0.1, -0.05) is 20.8 Å². The molecule has 0 radical (unpaired) electrons. The van der Waals surface area contributed by atoms with Crippen LogP contribution in [0.25, 0.3) is 0 Å². The Morgan fingerprint density at radius 1 is 1.19 bits per heavy atom. The van der Waals surface area contributed by atoms with Gasteiger partial charge in [0, 0.05) is 13.1 Å². The lowest BCUT2D eigenvalue weighted by molar-refractivity contribution is -0.203. The summed E-state index contributed by atoms with van der Waals surface area (Å²) >= 11 is 0. The fourth-order valence-corrected chi connectivity index (χ4v) is 2.99. The molecule has 0 amide bonds. The van der Waals surface area contributed by atoms with E-state index in [0.29, 0.717) is 5.92 Å². The molecule has 1 unspecified atom stereocenters. The van der Waals surface area contributed by atoms with Crippen LogP contribution in [-0.4, -0.2) is 24.3 Å². The van der Waals surface area contributed by atoms with Gasteiger partial charge in [-0.15, -0.1) is 0 Å². The molecular formula is C14H27NO. The molecule has 94 valence electrons. The monoisotopic (exact) mass is 225 g/mol. The van der Waals surface area contributed by atoms with E-state index in [0.717, 1.165) is 19.0 Å². The van der Waals surface area contributed by atoms with Crippen LogP contribution in [0.3, 0.4) is 0 Å². The summed E-state index contributed by atoms with van der Waals surface area (Å²) in [6.45, 7) is 11.2. The quantitative estimate of drug-likeness (QED) is 0.741. The lowest BCUT2D eigenvalue weighted by Crippen LogP contribution is -2.62. The Balaban J connectivity index is 2.06. The van der Waals surface area contributed by atoms with E-state index in [9.17, 15) is 0 Å². The molecule has 2 aliphatic rings. The summed E-state index contributed by atoms with van der Waals surface area (Å²) in [5.74, 6) is 1.47. The topological polar surface area (TPSA) is 21.3 Å². The van der Waals surface area contributed by atoms with Crippen molar-refractivity contribution in [3.8, 4) is 0 Å². The van der Waals surface area contributed by atoms with E-state index < -0.39 is 0 Å². The highest BCUT2D eigenvalue weighted by Gasteiger charge is 2.45. The Morgan fingerprint density at radius 2 is 1.81 bits per heavy atom. The highest BCUT2D eigenvalue weighted by Crippen LogP contribution is 2.40. The molecule has 2 fully saturated rings. The van der Waals surface area contributed by atoms with Gasteiger partial charge in [0.2, 0.25) is 0 Å². The predicted molar refractivity (Wildman–Crippen MR) is 67.6 cm³/mol. The molecular weight excluding hydrogens is 198 g/mol. The van der Waals surface area contributed by atoms with Crippen LogP contribution in [0, 0.1) is 11.8 Å². The summed E-state index contributed by atoms with van der Waals surface area (Å²) in [5.41, 5.74) is 0.169. The molecule has 1 heterocycles. The first-order valence-electron chi connectivity index (χ1n) is 6.87. The Bertz CT molecular complexity index is 243. The Hall–Kier alpha value is -0.0800. The number of rotatable bonds is 1. The van der Waals surface area contributed by atoms with Gasteiger partial charge in [0.25, 0.3) is 0 Å². The van der Waals surface area contributed by atoms with Crippen molar-refractivity contribution in [1.82, 2.24) is 5.32 Å². The molecule has 2 nitrogen and oxygen atoms in total. The number of morpholine rings is 1. The van der Waals surface area contributed by atoms with Crippen molar-refractivity contribution in [3.05, 3.63) is 0 Å². The Labute approximate surface area is 100 Å². The van der Waals surface area contributed by atoms with Crippen LogP contribution in [-0.2, 0) is 4.74 Å². The van der Waals surface area contributed by atoms with Crippen LogP contribution >= 0.6 is 0 Å². The summed E-state index contributed by atoms with van der Waals surface area (Å²) in [6.07, 6.45) is 5.14. The van der Waals surface area contributed by atoms with Gasteiger partial charge < -0.3 is 10.1 Å². The molecule has 1 saturated carbocycles. The molecule has 1 saturated heterocycles. The van der Waals surface area contributed by atoms with Crippen molar-refractivity contribution in [3.63, 3.8) is 0 Å². The van der Waals surface area contributed by atoms with Crippen molar-refractivity contribution >= 4 is 0 Å². The fraction of sp³-hybridized carbons (Fsp3) is 1.00. The summed E-state index contributed by atoms with van der Waals surface area (Å²) in [4.78, 5) is 0. The highest BCUT2D eigenvalue weighted by molar-refractivity contribution is 4.98. The summed E-state index contributed by atoms with van der Waals surface area (Å²) in [5, 5.41) is 3.61. The molecule has 0 aromatic carbocycles. The third-order valence-corrected chi connectivity index (χ3v) is 4.78. The maximum Gasteiger partial charge on any atom is 0.0814 e. The first-order chi connectivity index (χ1) is 7.46. The van der Waals surface area contributed by atoms with Crippen molar-refractivity contribution in [2.24, 2.45) is 11.8 Å². The highest BCUT2D eigenvalue weighted by atomic mass is 16.5. The Kier molecular flexibility index (Phi) is 3.33. The van der Waals surface area contributed by atoms with Crippen molar-refractivity contribution in [1.29, 1.82) is 0 Å². The van der Waals surface area contributed by atoms with Crippen LogP contribution in [0.4, 0.5) is 0 Å². The maximum absolute atomic E-state index is 6.55. The number of ether oxygens (including phenoxy) is 1. The SMILES string of the molecule is CC1CCC2(CC1)CNCC(C)(C(C)C)O2. The Morgan fingerprint density at radius 3 is 2.38 bits per heavy atom. The zero-order chi connectivity index (χ0) is 11.8. The first kappa shape index (κ1) is 12.4. The lowest BCUT2D eigenvalue weighted by Gasteiger charge is -2.51. The van der Waals surface area contributed by atoms with E-state index in [2.05, 4.69) is 33.0 Å². The van der Waals surface area contributed by atoms with E-state index in [1.165, 1.54) is 25.7 Å². The van der Waals surface area contributed by atoms with Crippen LogP contribution in [0.5, 0.6) is 0 Å². The van der Waals surface area contributed by atoms with Gasteiger partial charge in [-0.2, -0.15) is 0 Å². The number of hydrogen-bond donors (Lipinski definition) is 1. The second kappa shape index (κ2) is 4.30. The summed E-state index contributed by atoms with van der Waals surface area (Å²) < 4.78 is 6.55. The molecule has 0 aromatic rings. The zero-order valence-electron chi connectivity index (χ0n) is 11.3. The van der Waals surface area contributed by atoms with E-state index >= 15 is 0 Å². The van der Waals surface area contributed by atoms with Gasteiger partial charge in [-0.05, 0) is 44.4 Å². The third-order valence-electron chi connectivity index (χ3n) is 4.78. The molecule has 1 atom stereocenters. The fourth-order valence-electron chi connectivity index (χ4n) is 2.99. The van der Waals surface area contributed by atoms with E-state index in [1.807, 2.05) is 0 Å². The molecule has 1 aliphatic carbocycles. The second-order valence-electron chi connectivity index (χ2n) is 6.54. The average molecular weight is 225 g/mol. The van der Waals surface area contributed by atoms with Gasteiger partial charge >= 0.3 is 0 Å². The van der Waals surface area contributed by atoms with Crippen LogP contribution in [0.2, 0.25) is 0 Å². The smallest absolute Gasteiger partial charge is 0.0814 e. The molecule has 1 spiro atoms. The van der Waals surface area contributed by atoms with Gasteiger partial charge in [0.05, 0.1) is 11.2 Å². The van der Waals surface area contributed by atoms with Gasteiger partial charge in [0.1, 0.15) is 0 Å². The standard InChI is InChI=1S/C14H27NO/c1-11(2)13(4)9-15-10-14(16-13)7-5-12(3)6-8-14/h11-12,15H,5-10H2,1-4H3. The van der Waals surface area contributed by atoms with Crippen molar-refractivity contribution in [2.75, 3.05) is 13.1 Å². The van der Waals surface area contributed by atoms with Gasteiger partial charge in [-0.3, -0.25) is 0 Å². The first-order valence-corrected chi connectivity index (χ1v) is 6.87. The van der Waals surface area contributed by atoms with Crippen molar-refractivity contribution < 1.29 is 4.74 Å². The second-order valence-corrected chi connectivity index (χ2v) is 6.54. The minimum Gasteiger partial charge on any atom is -0.366 e. The van der Waals surface area contributed by atoms with Crippen LogP contribution < -0.4 is 5.32 Å². The average Bonchev–Trinajstić information content (AvgIpc) is 2.23. The van der Waals surface area contributed by atoms with Gasteiger partial charge in [-0.25, -0.2) is 0 Å². The lowest BCUT2D eigenvalue weighted by atomic mass is 9.77. The molecule has 0 bridgehead atoms. The van der Waals surface area contributed by atoms with E-state index in [1.54, 1.807) is 0 Å². The minimum atomic E-state index is 0.0266. The largest absolute Gasteiger partial charge is 0.366 e. The van der Waals surface area contributed by atoms with Gasteiger partial charge in [0.15, 0.2) is 0 Å². The third kappa shape index (κ3) is 2.28. The molecule has 0 aromatic heterocycles.